The first-order valence-corrected chi connectivity index (χ1v) is 8.26. The van der Waals surface area contributed by atoms with Crippen LogP contribution in [0.4, 0.5) is 13.2 Å². The van der Waals surface area contributed by atoms with Gasteiger partial charge in [0.05, 0.1) is 0 Å². The van der Waals surface area contributed by atoms with E-state index in [-0.39, 0.29) is 18.2 Å². The number of nitrogens with two attached hydrogens (primary N) is 1. The molecule has 2 aromatic carbocycles. The summed E-state index contributed by atoms with van der Waals surface area (Å²) in [5, 5.41) is 0. The zero-order chi connectivity index (χ0) is 17.9. The van der Waals surface area contributed by atoms with E-state index in [1.807, 2.05) is 24.3 Å². The van der Waals surface area contributed by atoms with Crippen molar-refractivity contribution in [2.24, 2.45) is 11.7 Å². The molecule has 2 atom stereocenters. The Hall–Kier alpha value is -1.76. The second kappa shape index (κ2) is 8.75. The van der Waals surface area contributed by atoms with Gasteiger partial charge in [0.2, 0.25) is 0 Å². The van der Waals surface area contributed by atoms with Crippen molar-refractivity contribution in [1.29, 1.82) is 0 Å². The van der Waals surface area contributed by atoms with Gasteiger partial charge in [0.25, 0.3) is 0 Å². The standard InChI is InChI=1S/C19H21F3N2O.ClH/c20-19(21,22)25-17-8-4-5-14(9-17)11-24-12-16(10-23)18(13-24)15-6-2-1-3-7-15;/h1-9,16,18H,10-13,23H2;1H/t16-,18+;/m1./s1. The van der Waals surface area contributed by atoms with Crippen LogP contribution < -0.4 is 10.5 Å². The second-order valence-electron chi connectivity index (χ2n) is 6.40. The van der Waals surface area contributed by atoms with E-state index in [1.165, 1.54) is 17.7 Å². The summed E-state index contributed by atoms with van der Waals surface area (Å²) in [5.41, 5.74) is 8.00. The maximum atomic E-state index is 12.4. The smallest absolute Gasteiger partial charge is 0.406 e. The Labute approximate surface area is 157 Å². The zero-order valence-corrected chi connectivity index (χ0v) is 15.0. The van der Waals surface area contributed by atoms with Crippen molar-refractivity contribution >= 4 is 12.4 Å². The average Bonchev–Trinajstić information content (AvgIpc) is 2.97. The van der Waals surface area contributed by atoms with Crippen LogP contribution in [-0.2, 0) is 6.54 Å². The van der Waals surface area contributed by atoms with Gasteiger partial charge in [-0.3, -0.25) is 4.90 Å². The van der Waals surface area contributed by atoms with E-state index < -0.39 is 6.36 Å². The lowest BCUT2D eigenvalue weighted by Gasteiger charge is -2.17. The summed E-state index contributed by atoms with van der Waals surface area (Å²) in [6.07, 6.45) is -4.67. The largest absolute Gasteiger partial charge is 0.573 e. The van der Waals surface area contributed by atoms with Crippen molar-refractivity contribution in [1.82, 2.24) is 4.90 Å². The highest BCUT2D eigenvalue weighted by Gasteiger charge is 2.33. The Balaban J connectivity index is 0.00000243. The summed E-state index contributed by atoms with van der Waals surface area (Å²) in [7, 11) is 0. The van der Waals surface area contributed by atoms with E-state index in [2.05, 4.69) is 21.8 Å². The minimum absolute atomic E-state index is 0. The van der Waals surface area contributed by atoms with Gasteiger partial charge in [-0.15, -0.1) is 25.6 Å². The molecular formula is C19H22ClF3N2O. The predicted molar refractivity (Wildman–Crippen MR) is 97.4 cm³/mol. The molecule has 0 aromatic heterocycles. The molecule has 7 heteroatoms. The van der Waals surface area contributed by atoms with Crippen molar-refractivity contribution < 1.29 is 17.9 Å². The Bertz CT molecular complexity index is 697. The lowest BCUT2D eigenvalue weighted by molar-refractivity contribution is -0.274. The van der Waals surface area contributed by atoms with Crippen molar-refractivity contribution in [2.75, 3.05) is 19.6 Å². The molecule has 1 fully saturated rings. The first-order chi connectivity index (χ1) is 11.9. The summed E-state index contributed by atoms with van der Waals surface area (Å²) >= 11 is 0. The minimum atomic E-state index is -4.67. The number of ether oxygens (including phenoxy) is 1. The first-order valence-electron chi connectivity index (χ1n) is 8.26. The van der Waals surface area contributed by atoms with Crippen LogP contribution in [-0.4, -0.2) is 30.9 Å². The molecule has 0 saturated carbocycles. The Morgan fingerprint density at radius 3 is 2.42 bits per heavy atom. The Morgan fingerprint density at radius 1 is 1.04 bits per heavy atom. The highest BCUT2D eigenvalue weighted by molar-refractivity contribution is 5.85. The van der Waals surface area contributed by atoms with Gasteiger partial charge in [0, 0.05) is 25.6 Å². The van der Waals surface area contributed by atoms with E-state index in [0.717, 1.165) is 18.7 Å². The SMILES string of the molecule is Cl.NC[C@@H]1CN(Cc2cccc(OC(F)(F)F)c2)C[C@H]1c1ccccc1. The molecule has 142 valence electrons. The molecule has 1 aliphatic rings. The lowest BCUT2D eigenvalue weighted by atomic mass is 9.89. The van der Waals surface area contributed by atoms with Crippen LogP contribution in [0.15, 0.2) is 54.6 Å². The monoisotopic (exact) mass is 386 g/mol. The molecule has 26 heavy (non-hydrogen) atoms. The van der Waals surface area contributed by atoms with Gasteiger partial charge in [0.15, 0.2) is 0 Å². The van der Waals surface area contributed by atoms with Crippen LogP contribution in [0.3, 0.4) is 0 Å². The molecule has 3 nitrogen and oxygen atoms in total. The molecule has 0 radical (unpaired) electrons. The molecule has 2 aromatic rings. The van der Waals surface area contributed by atoms with Gasteiger partial charge in [-0.25, -0.2) is 0 Å². The number of halogens is 4. The third-order valence-electron chi connectivity index (χ3n) is 4.59. The van der Waals surface area contributed by atoms with Crippen LogP contribution in [0.5, 0.6) is 5.75 Å². The number of hydrogen-bond donors (Lipinski definition) is 1. The number of rotatable bonds is 5. The molecule has 1 aliphatic heterocycles. The fraction of sp³-hybridized carbons (Fsp3) is 0.368. The molecule has 0 bridgehead atoms. The van der Waals surface area contributed by atoms with Crippen LogP contribution in [0.1, 0.15) is 17.0 Å². The van der Waals surface area contributed by atoms with Gasteiger partial charge in [-0.05, 0) is 35.7 Å². The maximum Gasteiger partial charge on any atom is 0.573 e. The number of likely N-dealkylation sites (tertiary alicyclic amines) is 1. The van der Waals surface area contributed by atoms with Crippen LogP contribution in [0.25, 0.3) is 0 Å². The number of hydrogen-bond acceptors (Lipinski definition) is 3. The maximum absolute atomic E-state index is 12.4. The molecular weight excluding hydrogens is 365 g/mol. The van der Waals surface area contributed by atoms with Crippen LogP contribution >= 0.6 is 12.4 Å². The molecule has 0 aliphatic carbocycles. The average molecular weight is 387 g/mol. The number of benzene rings is 2. The zero-order valence-electron chi connectivity index (χ0n) is 14.2. The fourth-order valence-electron chi connectivity index (χ4n) is 3.51. The summed E-state index contributed by atoms with van der Waals surface area (Å²) in [6, 6.07) is 16.4. The van der Waals surface area contributed by atoms with Gasteiger partial charge in [-0.1, -0.05) is 42.5 Å². The van der Waals surface area contributed by atoms with E-state index in [0.29, 0.717) is 24.9 Å². The quantitative estimate of drug-likeness (QED) is 0.837. The molecule has 1 heterocycles. The molecule has 2 N–H and O–H groups in total. The summed E-state index contributed by atoms with van der Waals surface area (Å²) in [6.45, 7) is 2.85. The highest BCUT2D eigenvalue weighted by Crippen LogP contribution is 2.33. The van der Waals surface area contributed by atoms with Crippen LogP contribution in [0, 0.1) is 5.92 Å². The topological polar surface area (TPSA) is 38.5 Å². The minimum Gasteiger partial charge on any atom is -0.406 e. The number of nitrogens with zero attached hydrogens (tertiary/aromatic N) is 1. The van der Waals surface area contributed by atoms with Crippen molar-refractivity contribution in [3.8, 4) is 5.75 Å². The van der Waals surface area contributed by atoms with Gasteiger partial charge in [0.1, 0.15) is 5.75 Å². The molecule has 0 spiro atoms. The second-order valence-corrected chi connectivity index (χ2v) is 6.40. The molecule has 0 amide bonds. The highest BCUT2D eigenvalue weighted by atomic mass is 35.5. The van der Waals surface area contributed by atoms with E-state index in [1.54, 1.807) is 6.07 Å². The molecule has 3 rings (SSSR count). The van der Waals surface area contributed by atoms with E-state index in [9.17, 15) is 13.2 Å². The van der Waals surface area contributed by atoms with Crippen molar-refractivity contribution in [3.63, 3.8) is 0 Å². The first kappa shape index (κ1) is 20.6. The number of alkyl halides is 3. The summed E-state index contributed by atoms with van der Waals surface area (Å²) in [5.74, 6) is 0.511. The third kappa shape index (κ3) is 5.37. The van der Waals surface area contributed by atoms with Gasteiger partial charge in [-0.2, -0.15) is 0 Å². The van der Waals surface area contributed by atoms with E-state index >= 15 is 0 Å². The Kier molecular flexibility index (Phi) is 6.92. The van der Waals surface area contributed by atoms with Gasteiger partial charge < -0.3 is 10.5 Å². The van der Waals surface area contributed by atoms with Gasteiger partial charge >= 0.3 is 6.36 Å². The normalized spacial score (nSPS) is 20.6. The Morgan fingerprint density at radius 2 is 1.77 bits per heavy atom. The molecule has 0 unspecified atom stereocenters. The third-order valence-corrected chi connectivity index (χ3v) is 4.59. The van der Waals surface area contributed by atoms with Crippen molar-refractivity contribution in [3.05, 3.63) is 65.7 Å². The lowest BCUT2D eigenvalue weighted by Crippen LogP contribution is -2.23. The molecule has 1 saturated heterocycles. The van der Waals surface area contributed by atoms with Crippen molar-refractivity contribution in [2.45, 2.75) is 18.8 Å². The summed E-state index contributed by atoms with van der Waals surface area (Å²) in [4.78, 5) is 2.24. The predicted octanol–water partition coefficient (Wildman–Crippen LogP) is 4.18. The van der Waals surface area contributed by atoms with Crippen LogP contribution in [0.2, 0.25) is 0 Å². The fourth-order valence-corrected chi connectivity index (χ4v) is 3.51. The summed E-state index contributed by atoms with van der Waals surface area (Å²) < 4.78 is 41.1. The van der Waals surface area contributed by atoms with E-state index in [4.69, 9.17) is 5.73 Å².